The third-order valence-corrected chi connectivity index (χ3v) is 19.6. The van der Waals surface area contributed by atoms with Crippen LogP contribution in [0, 0.1) is 11.3 Å². The number of esters is 1. The number of hydrogen-bond acceptors (Lipinski definition) is 27. The molecule has 0 unspecified atom stereocenters. The number of hydrogen-bond donors (Lipinski definition) is 1. The third-order valence-electron chi connectivity index (χ3n) is 13.6. The van der Waals surface area contributed by atoms with Crippen LogP contribution in [0.3, 0.4) is 0 Å². The molecule has 101 heavy (non-hydrogen) atoms. The van der Waals surface area contributed by atoms with Crippen molar-refractivity contribution in [1.29, 1.82) is 5.26 Å². The summed E-state index contributed by atoms with van der Waals surface area (Å²) in [6.45, 7) is 1.43. The zero-order chi connectivity index (χ0) is 74.9. The van der Waals surface area contributed by atoms with Crippen molar-refractivity contribution in [3.8, 4) is 41.3 Å². The molecule has 4 aliphatic rings. The van der Waals surface area contributed by atoms with Crippen molar-refractivity contribution in [3.63, 3.8) is 0 Å². The second-order valence-corrected chi connectivity index (χ2v) is 30.0. The number of carboxylic acid groups (broad SMARTS) is 1. The minimum Gasteiger partial charge on any atom is -0.872 e. The Hall–Kier alpha value is -6.13. The number of carbonyl (C=O) groups is 6. The predicted octanol–water partition coefficient (Wildman–Crippen LogP) is 11.9. The van der Waals surface area contributed by atoms with Gasteiger partial charge in [0.2, 0.25) is 35.3 Å². The molecule has 0 saturated heterocycles. The van der Waals surface area contributed by atoms with E-state index in [4.69, 9.17) is 47.8 Å². The Balaban J connectivity index is 0.000000403. The summed E-state index contributed by atoms with van der Waals surface area (Å²) in [5, 5.41) is 28.0. The first-order valence-electron chi connectivity index (χ1n) is 29.0. The summed E-state index contributed by atoms with van der Waals surface area (Å²) in [5.41, 5.74) is 2.86. The number of nitrogens with zero attached hydrogens (tertiary/aromatic N) is 7. The van der Waals surface area contributed by atoms with Crippen LogP contribution in [-0.2, 0) is 36.8 Å². The average Bonchev–Trinajstić information content (AvgIpc) is 0.761. The number of allylic oxidation sites excluding steroid dienone is 2. The van der Waals surface area contributed by atoms with Crippen molar-refractivity contribution in [2.24, 2.45) is 0 Å². The molecule has 1 spiro atoms. The Morgan fingerprint density at radius 3 is 1.34 bits per heavy atom. The van der Waals surface area contributed by atoms with E-state index in [-0.39, 0.29) is 82.4 Å². The number of carbonyl (C=O) groups excluding carboxylic acids is 5. The summed E-state index contributed by atoms with van der Waals surface area (Å²) in [6.07, 6.45) is 20.4. The zero-order valence-electron chi connectivity index (χ0n) is 56.8. The fraction of sp³-hybridized carbons (Fsp3) is 0.359. The van der Waals surface area contributed by atoms with Crippen molar-refractivity contribution in [1.82, 2.24) is 29.9 Å². The zero-order valence-corrected chi connectivity index (χ0v) is 68.1. The van der Waals surface area contributed by atoms with Crippen LogP contribution >= 0.6 is 111 Å². The SMILES string of the molecule is CC#N.COC(=O)c1cc(Br)cnc1OC.COc1ncc(Br)cc1/C([O-])=C/P(=O)(OC)OC.COc1ncc(Br)cc1C(=O)C=C1CCC1.COc1ncc(Br)cc1C(=O)CP(=O)(OC)OC.COc1ncc(Br)cc1C(=O)O.O=C1CC2(CCC2)Oc2ncc(Br)cc21.O=C1CCC1.[Li+]. The van der Waals surface area contributed by atoms with Gasteiger partial charge in [-0.1, -0.05) is 11.3 Å². The minimum absolute atomic E-state index is 0. The molecule has 6 aromatic rings. The summed E-state index contributed by atoms with van der Waals surface area (Å²) in [7, 11) is 6.38. The molecule has 540 valence electrons. The predicted molar refractivity (Wildman–Crippen MR) is 386 cm³/mol. The van der Waals surface area contributed by atoms with E-state index in [0.29, 0.717) is 58.5 Å². The molecule has 28 nitrogen and oxygen atoms in total. The number of aromatic nitrogens is 6. The van der Waals surface area contributed by atoms with Crippen LogP contribution < -0.4 is 52.4 Å². The number of ether oxygens (including phenoxy) is 7. The van der Waals surface area contributed by atoms with Crippen molar-refractivity contribution in [2.45, 2.75) is 76.7 Å². The van der Waals surface area contributed by atoms with Gasteiger partial charge in [-0.05, 0) is 183 Å². The van der Waals surface area contributed by atoms with Crippen LogP contribution in [0.2, 0.25) is 0 Å². The fourth-order valence-corrected chi connectivity index (χ4v) is 11.8. The van der Waals surface area contributed by atoms with Gasteiger partial charge in [-0.25, -0.2) is 39.5 Å². The summed E-state index contributed by atoms with van der Waals surface area (Å²) in [4.78, 5) is 91.3. The van der Waals surface area contributed by atoms with Crippen LogP contribution in [0.25, 0.3) is 5.76 Å². The maximum Gasteiger partial charge on any atom is 1.00 e. The third kappa shape index (κ3) is 29.5. The fourth-order valence-electron chi connectivity index (χ4n) is 8.06. The molecule has 3 aliphatic carbocycles. The average molecular weight is 1820 g/mol. The number of pyridine rings is 6. The van der Waals surface area contributed by atoms with Gasteiger partial charge in [0.15, 0.2) is 17.3 Å². The second kappa shape index (κ2) is 45.9. The molecular weight excluding hydrogens is 1750 g/mol. The molecule has 37 heteroatoms. The van der Waals surface area contributed by atoms with Gasteiger partial charge in [-0.3, -0.25) is 28.3 Å². The largest absolute Gasteiger partial charge is 1.00 e. The van der Waals surface area contributed by atoms with Gasteiger partial charge < -0.3 is 61.5 Å². The molecule has 0 radical (unpaired) electrons. The summed E-state index contributed by atoms with van der Waals surface area (Å²) < 4.78 is 81.7. The number of Topliss-reactive ketones (excluding diaryl/α,β-unsaturated/α-hetero) is 3. The molecule has 7 heterocycles. The van der Waals surface area contributed by atoms with E-state index in [0.717, 1.165) is 66.1 Å². The molecule has 3 fully saturated rings. The number of halogens is 6. The van der Waals surface area contributed by atoms with Gasteiger partial charge in [0.05, 0.1) is 71.8 Å². The van der Waals surface area contributed by atoms with E-state index in [2.05, 4.69) is 139 Å². The first-order chi connectivity index (χ1) is 47.4. The number of aromatic carboxylic acids is 1. The van der Waals surface area contributed by atoms with E-state index in [1.807, 2.05) is 0 Å². The van der Waals surface area contributed by atoms with Gasteiger partial charge in [0.1, 0.15) is 28.7 Å². The Kier molecular flexibility index (Phi) is 41.3. The monoisotopic (exact) mass is 1810 g/mol. The summed E-state index contributed by atoms with van der Waals surface area (Å²) in [6, 6.07) is 11.4. The van der Waals surface area contributed by atoms with Gasteiger partial charge in [-0.15, -0.1) is 0 Å². The van der Waals surface area contributed by atoms with Crippen LogP contribution in [0.15, 0.2) is 118 Å². The molecule has 0 atom stereocenters. The molecule has 1 N–H and O–H groups in total. The minimum atomic E-state index is -3.52. The molecule has 1 aliphatic heterocycles. The molecule has 3 saturated carbocycles. The number of nitriles is 1. The Morgan fingerprint density at radius 1 is 0.584 bits per heavy atom. The Labute approximate surface area is 646 Å². The quantitative estimate of drug-likeness (QED) is 0.0208. The first-order valence-corrected chi connectivity index (χ1v) is 37.1. The van der Waals surface area contributed by atoms with Crippen LogP contribution in [0.1, 0.15) is 128 Å². The van der Waals surface area contributed by atoms with E-state index >= 15 is 0 Å². The number of fused-ring (bicyclic) bond motifs is 1. The van der Waals surface area contributed by atoms with Crippen LogP contribution in [0.5, 0.6) is 35.3 Å². The molecule has 0 amide bonds. The van der Waals surface area contributed by atoms with Gasteiger partial charge in [0, 0.05) is 124 Å². The molecule has 10 rings (SSSR count). The second-order valence-electron chi connectivity index (χ2n) is 20.2. The number of methoxy groups -OCH3 is 6. The van der Waals surface area contributed by atoms with Crippen molar-refractivity contribution >= 4 is 152 Å². The van der Waals surface area contributed by atoms with Crippen molar-refractivity contribution in [3.05, 3.63) is 151 Å². The van der Waals surface area contributed by atoms with Crippen LogP contribution in [-0.4, -0.2) is 153 Å². The normalized spacial score (nSPS) is 13.3. The molecule has 6 aromatic heterocycles. The van der Waals surface area contributed by atoms with E-state index in [1.54, 1.807) is 55.0 Å². The van der Waals surface area contributed by atoms with E-state index < -0.39 is 38.7 Å². The summed E-state index contributed by atoms with van der Waals surface area (Å²) >= 11 is 19.3. The van der Waals surface area contributed by atoms with Crippen LogP contribution in [0.4, 0.5) is 0 Å². The first kappa shape index (κ1) is 91.0. The maximum absolute atomic E-state index is 12.0. The Morgan fingerprint density at radius 2 is 0.960 bits per heavy atom. The molecular formula is C64H70Br6LiN7O21P2. The number of carboxylic acids is 1. The Bertz CT molecular complexity index is 4030. The standard InChI is InChI=1S/C12H12BrNO2.C11H10BrNO2.2C10H13BrNO5P.C8H8BrNO3.C7H6BrNO3.C4H6O.C2H3N.Li/c1-16-12-10(6-9(13)7-14-12)11(15)5-8-3-2-4-8;12-7-4-8-9(14)5-11(2-1-3-11)15-10(8)13-6-7;2*1-15-10-8(4-7(11)5-12-10)9(13)6-18(14,16-2)17-3;1-12-7-6(8(11)13-2)3-5(9)4-10-7;1-12-6-5(7(10)11)2-4(8)3-9-6;5-4-2-1-3-4;1-2-3;/h5-7H,2-4H2,1H3;4,6H,1-3,5H2;4-5H,6H2,1-3H3;4-6,13H,1-3H3;3-4H,1-2H3;2-3H,1H3,(H,10,11);1-3H2;1H3;/q;;;;;;;;+1/p-1/b;;;9-6-;;;;;. The van der Waals surface area contributed by atoms with E-state index in [1.165, 1.54) is 121 Å². The topological polar surface area (TPSA) is 383 Å². The van der Waals surface area contributed by atoms with Crippen molar-refractivity contribution in [2.75, 3.05) is 77.3 Å². The number of ketones is 4. The van der Waals surface area contributed by atoms with E-state index in [9.17, 15) is 43.0 Å². The van der Waals surface area contributed by atoms with Crippen molar-refractivity contribution < 1.29 is 118 Å². The van der Waals surface area contributed by atoms with Gasteiger partial charge in [0.25, 0.3) is 0 Å². The maximum atomic E-state index is 12.0. The molecule has 0 aromatic carbocycles. The smallest absolute Gasteiger partial charge is 0.872 e. The van der Waals surface area contributed by atoms with Gasteiger partial charge >= 0.3 is 46.0 Å². The number of rotatable bonds is 18. The van der Waals surface area contributed by atoms with Gasteiger partial charge in [-0.2, -0.15) is 5.26 Å². The molecule has 0 bridgehead atoms. The summed E-state index contributed by atoms with van der Waals surface area (Å²) in [5.74, 6) is 0.528.